The normalized spacial score (nSPS) is 10.9. The van der Waals surface area contributed by atoms with Crippen LogP contribution in [0.15, 0.2) is 30.3 Å². The predicted molar refractivity (Wildman–Crippen MR) is 87.7 cm³/mol. The van der Waals surface area contributed by atoms with E-state index in [0.717, 1.165) is 29.7 Å². The zero-order valence-electron chi connectivity index (χ0n) is 13.2. The van der Waals surface area contributed by atoms with Gasteiger partial charge in [-0.05, 0) is 24.3 Å². The molecule has 0 fully saturated rings. The van der Waals surface area contributed by atoms with Gasteiger partial charge in [0.2, 0.25) is 0 Å². The number of pyridine rings is 1. The second kappa shape index (κ2) is 6.57. The van der Waals surface area contributed by atoms with E-state index in [9.17, 15) is 4.79 Å². The third kappa shape index (κ3) is 3.51. The number of benzene rings is 1. The van der Waals surface area contributed by atoms with Crippen LogP contribution in [0.5, 0.6) is 0 Å². The molecule has 0 aliphatic rings. The maximum Gasteiger partial charge on any atom is 0.272 e. The summed E-state index contributed by atoms with van der Waals surface area (Å²) < 4.78 is 0. The largest absolute Gasteiger partial charge is 0.370 e. The van der Waals surface area contributed by atoms with Crippen molar-refractivity contribution in [2.75, 3.05) is 25.5 Å². The number of carbonyl (C=O) groups excluding carboxylic acids is 1. The Kier molecular flexibility index (Phi) is 4.78. The van der Waals surface area contributed by atoms with Crippen LogP contribution in [0.3, 0.4) is 0 Å². The minimum Gasteiger partial charge on any atom is -0.370 e. The molecule has 112 valence electrons. The van der Waals surface area contributed by atoms with Gasteiger partial charge in [0.1, 0.15) is 11.5 Å². The average molecular weight is 285 g/mol. The van der Waals surface area contributed by atoms with Crippen molar-refractivity contribution in [1.29, 1.82) is 0 Å². The van der Waals surface area contributed by atoms with Crippen molar-refractivity contribution in [3.8, 4) is 0 Å². The molecule has 21 heavy (non-hydrogen) atoms. The first-order valence-electron chi connectivity index (χ1n) is 7.42. The first kappa shape index (κ1) is 15.3. The Morgan fingerprint density at radius 1 is 1.33 bits per heavy atom. The molecule has 0 spiro atoms. The summed E-state index contributed by atoms with van der Waals surface area (Å²) in [6.45, 7) is 7.72. The van der Waals surface area contributed by atoms with E-state index in [2.05, 4.69) is 24.1 Å². The van der Waals surface area contributed by atoms with Crippen LogP contribution in [0.4, 0.5) is 5.82 Å². The average Bonchev–Trinajstić information content (AvgIpc) is 2.46. The summed E-state index contributed by atoms with van der Waals surface area (Å²) >= 11 is 0. The first-order valence-corrected chi connectivity index (χ1v) is 7.42. The first-order chi connectivity index (χ1) is 10.0. The summed E-state index contributed by atoms with van der Waals surface area (Å²) in [5.74, 6) is 1.18. The molecule has 4 heteroatoms. The van der Waals surface area contributed by atoms with Gasteiger partial charge in [-0.2, -0.15) is 0 Å². The molecule has 0 radical (unpaired) electrons. The zero-order chi connectivity index (χ0) is 15.4. The molecule has 0 aliphatic heterocycles. The molecule has 1 N–H and O–H groups in total. The number of hydrogen-bond donors (Lipinski definition) is 1. The van der Waals surface area contributed by atoms with Crippen molar-refractivity contribution in [2.45, 2.75) is 20.8 Å². The van der Waals surface area contributed by atoms with Crippen molar-refractivity contribution >= 4 is 22.5 Å². The van der Waals surface area contributed by atoms with Gasteiger partial charge in [-0.1, -0.05) is 38.1 Å². The number of aromatic nitrogens is 1. The van der Waals surface area contributed by atoms with Gasteiger partial charge in [0.15, 0.2) is 0 Å². The number of hydrogen-bond acceptors (Lipinski definition) is 3. The Bertz CT molecular complexity index is 637. The number of rotatable bonds is 5. The number of anilines is 1. The number of carbonyl (C=O) groups is 1. The summed E-state index contributed by atoms with van der Waals surface area (Å²) in [6, 6.07) is 9.86. The second-order valence-corrected chi connectivity index (χ2v) is 5.69. The quantitative estimate of drug-likeness (QED) is 0.916. The molecule has 0 atom stereocenters. The lowest BCUT2D eigenvalue weighted by Gasteiger charge is -2.19. The fourth-order valence-electron chi connectivity index (χ4n) is 2.44. The van der Waals surface area contributed by atoms with Crippen molar-refractivity contribution in [3.05, 3.63) is 36.0 Å². The van der Waals surface area contributed by atoms with Gasteiger partial charge in [0.25, 0.3) is 5.91 Å². The molecule has 0 bridgehead atoms. The molecule has 2 rings (SSSR count). The van der Waals surface area contributed by atoms with Crippen LogP contribution < -0.4 is 5.32 Å². The van der Waals surface area contributed by atoms with Crippen LogP contribution in [0.1, 0.15) is 31.3 Å². The van der Waals surface area contributed by atoms with Gasteiger partial charge in [-0.15, -0.1) is 0 Å². The Balaban J connectivity index is 2.42. The smallest absolute Gasteiger partial charge is 0.272 e. The highest BCUT2D eigenvalue weighted by Crippen LogP contribution is 2.23. The molecule has 4 nitrogen and oxygen atoms in total. The number of amides is 1. The third-order valence-corrected chi connectivity index (χ3v) is 3.29. The molecule has 1 amide bonds. The van der Waals surface area contributed by atoms with Crippen LogP contribution >= 0.6 is 0 Å². The molecule has 0 aliphatic carbocycles. The van der Waals surface area contributed by atoms with Gasteiger partial charge in [-0.25, -0.2) is 4.98 Å². The minimum atomic E-state index is -0.0337. The van der Waals surface area contributed by atoms with E-state index in [4.69, 9.17) is 0 Å². The molecule has 0 saturated carbocycles. The van der Waals surface area contributed by atoms with E-state index in [0.29, 0.717) is 11.6 Å². The fourth-order valence-corrected chi connectivity index (χ4v) is 2.44. The molecule has 0 unspecified atom stereocenters. The van der Waals surface area contributed by atoms with Crippen LogP contribution in [0.25, 0.3) is 10.8 Å². The molecule has 1 aromatic heterocycles. The minimum absolute atomic E-state index is 0.0337. The summed E-state index contributed by atoms with van der Waals surface area (Å²) in [5, 5.41) is 5.32. The van der Waals surface area contributed by atoms with Gasteiger partial charge < -0.3 is 10.2 Å². The Morgan fingerprint density at radius 3 is 2.71 bits per heavy atom. The van der Waals surface area contributed by atoms with Crippen molar-refractivity contribution in [3.63, 3.8) is 0 Å². The highest BCUT2D eigenvalue weighted by Gasteiger charge is 2.16. The van der Waals surface area contributed by atoms with E-state index in [1.54, 1.807) is 4.90 Å². The summed E-state index contributed by atoms with van der Waals surface area (Å²) in [5.41, 5.74) is 0.493. The summed E-state index contributed by atoms with van der Waals surface area (Å²) in [7, 11) is 1.83. The molecule has 1 heterocycles. The topological polar surface area (TPSA) is 45.2 Å². The Morgan fingerprint density at radius 2 is 2.05 bits per heavy atom. The molecule has 2 aromatic rings. The maximum absolute atomic E-state index is 12.5. The predicted octanol–water partition coefficient (Wildman–Crippen LogP) is 3.39. The Hall–Kier alpha value is -2.10. The van der Waals surface area contributed by atoms with Crippen LogP contribution in [0.2, 0.25) is 0 Å². The maximum atomic E-state index is 12.5. The van der Waals surface area contributed by atoms with Gasteiger partial charge in [0, 0.05) is 25.5 Å². The lowest BCUT2D eigenvalue weighted by atomic mass is 10.1. The van der Waals surface area contributed by atoms with Crippen LogP contribution in [0, 0.1) is 5.92 Å². The van der Waals surface area contributed by atoms with Crippen LogP contribution in [-0.4, -0.2) is 35.9 Å². The summed E-state index contributed by atoms with van der Waals surface area (Å²) in [6.07, 6.45) is 0. The number of nitrogens with zero attached hydrogens (tertiary/aromatic N) is 2. The van der Waals surface area contributed by atoms with E-state index in [1.807, 2.05) is 44.3 Å². The van der Waals surface area contributed by atoms with E-state index in [1.165, 1.54) is 0 Å². The van der Waals surface area contributed by atoms with Crippen LogP contribution in [-0.2, 0) is 0 Å². The van der Waals surface area contributed by atoms with Gasteiger partial charge >= 0.3 is 0 Å². The monoisotopic (exact) mass is 285 g/mol. The van der Waals surface area contributed by atoms with E-state index >= 15 is 0 Å². The van der Waals surface area contributed by atoms with E-state index in [-0.39, 0.29) is 5.91 Å². The lowest BCUT2D eigenvalue weighted by Crippen LogP contribution is -2.31. The number of fused-ring (bicyclic) bond motifs is 1. The van der Waals surface area contributed by atoms with Crippen molar-refractivity contribution < 1.29 is 4.79 Å². The van der Waals surface area contributed by atoms with E-state index < -0.39 is 0 Å². The van der Waals surface area contributed by atoms with Crippen molar-refractivity contribution in [1.82, 2.24) is 9.88 Å². The summed E-state index contributed by atoms with van der Waals surface area (Å²) in [4.78, 5) is 18.8. The van der Waals surface area contributed by atoms with Crippen molar-refractivity contribution in [2.24, 2.45) is 5.92 Å². The SMILES string of the molecule is CCNc1nc(C(=O)N(C)CC(C)C)cc2ccccc12. The molecular weight excluding hydrogens is 262 g/mol. The highest BCUT2D eigenvalue weighted by molar-refractivity contribution is 6.00. The molecule has 1 aromatic carbocycles. The standard InChI is InChI=1S/C17H23N3O/c1-5-18-16-14-9-7-6-8-13(14)10-15(19-16)17(21)20(4)11-12(2)3/h6-10,12H,5,11H2,1-4H3,(H,18,19). The fraction of sp³-hybridized carbons (Fsp3) is 0.412. The lowest BCUT2D eigenvalue weighted by molar-refractivity contribution is 0.0773. The highest BCUT2D eigenvalue weighted by atomic mass is 16.2. The molecular formula is C17H23N3O. The second-order valence-electron chi connectivity index (χ2n) is 5.69. The zero-order valence-corrected chi connectivity index (χ0v) is 13.2. The number of nitrogens with one attached hydrogen (secondary N) is 1. The third-order valence-electron chi connectivity index (χ3n) is 3.29. The molecule has 0 saturated heterocycles. The Labute approximate surface area is 126 Å². The van der Waals surface area contributed by atoms with Gasteiger partial charge in [-0.3, -0.25) is 4.79 Å². The van der Waals surface area contributed by atoms with Gasteiger partial charge in [0.05, 0.1) is 0 Å².